The second-order valence-corrected chi connectivity index (χ2v) is 19.1. The Bertz CT molecular complexity index is 3210. The number of rotatable bonds is 9. The Labute approximate surface area is 394 Å². The molecule has 0 fully saturated rings. The molecule has 0 bridgehead atoms. The summed E-state index contributed by atoms with van der Waals surface area (Å²) in [7, 11) is 0. The van der Waals surface area contributed by atoms with Crippen LogP contribution in [0.5, 0.6) is 0 Å². The summed E-state index contributed by atoms with van der Waals surface area (Å²) in [5.74, 6) is 3.05. The van der Waals surface area contributed by atoms with E-state index in [2.05, 4.69) is 175 Å². The molecule has 12 rings (SSSR count). The van der Waals surface area contributed by atoms with Crippen LogP contribution in [-0.4, -0.2) is 24.6 Å². The predicted molar refractivity (Wildman–Crippen MR) is 278 cm³/mol. The van der Waals surface area contributed by atoms with Crippen molar-refractivity contribution in [3.8, 4) is 22.6 Å². The molecule has 3 aromatic carbocycles. The number of nitrogens with zero attached hydrogens (tertiary/aromatic N) is 5. The van der Waals surface area contributed by atoms with Crippen LogP contribution in [0.1, 0.15) is 129 Å². The van der Waals surface area contributed by atoms with E-state index in [1.54, 1.807) is 0 Å². The van der Waals surface area contributed by atoms with Gasteiger partial charge in [0.2, 0.25) is 0 Å². The summed E-state index contributed by atoms with van der Waals surface area (Å²) in [6.45, 7) is 0. The van der Waals surface area contributed by atoms with Gasteiger partial charge in [-0.3, -0.25) is 0 Å². The Morgan fingerprint density at radius 2 is 1.16 bits per heavy atom. The molecule has 3 atom stereocenters. The standard InChI is InChI=1S/C62H57N5/c1-6-18-42(19-7-1)44-30-36-50(37-31-44)60-63-61(51-38-32-45(33-39-51)43-20-8-2-9-21-43)65-62(64-60)52-40-34-47(35-41-52)55-53-28-16-17-29-54(53)59-56(46-22-10-3-11-23-46)57(48-24-12-4-13-25-48)66-67(59)58(55)49-26-14-5-15-27-49/h1,4-7,12-18,20,22,24-26,28-34,36,38-40,42,49-50H,2-3,8-11,19,21,23,27,35,37,41H2. The fourth-order valence-electron chi connectivity index (χ4n) is 11.4. The predicted octanol–water partition coefficient (Wildman–Crippen LogP) is 15.9. The fraction of sp³-hybridized carbons (Fsp3) is 0.258. The highest BCUT2D eigenvalue weighted by atomic mass is 15.2. The molecule has 67 heavy (non-hydrogen) atoms. The molecule has 0 N–H and O–H groups in total. The largest absolute Gasteiger partial charge is 0.235 e. The molecule has 3 aromatic heterocycles. The smallest absolute Gasteiger partial charge is 0.163 e. The van der Waals surface area contributed by atoms with Gasteiger partial charge in [-0.2, -0.15) is 5.10 Å². The molecule has 330 valence electrons. The van der Waals surface area contributed by atoms with Crippen LogP contribution in [0.3, 0.4) is 0 Å². The van der Waals surface area contributed by atoms with Crippen LogP contribution in [0.25, 0.3) is 61.2 Å². The Hall–Kier alpha value is -6.98. The zero-order chi connectivity index (χ0) is 44.5. The van der Waals surface area contributed by atoms with Crippen molar-refractivity contribution >= 4 is 38.6 Å². The summed E-state index contributed by atoms with van der Waals surface area (Å²) in [4.78, 5) is 15.9. The van der Waals surface area contributed by atoms with Crippen molar-refractivity contribution in [2.24, 2.45) is 5.92 Å². The van der Waals surface area contributed by atoms with Crippen molar-refractivity contribution in [2.45, 2.75) is 95.3 Å². The quantitative estimate of drug-likeness (QED) is 0.145. The third kappa shape index (κ3) is 8.09. The Morgan fingerprint density at radius 3 is 1.85 bits per heavy atom. The Balaban J connectivity index is 0.983. The van der Waals surface area contributed by atoms with E-state index in [0.29, 0.717) is 5.92 Å². The number of aromatic nitrogens is 5. The molecule has 0 radical (unpaired) electrons. The van der Waals surface area contributed by atoms with Crippen LogP contribution < -0.4 is 0 Å². The van der Waals surface area contributed by atoms with E-state index in [1.165, 1.54) is 98.6 Å². The minimum Gasteiger partial charge on any atom is -0.235 e. The second kappa shape index (κ2) is 18.4. The summed E-state index contributed by atoms with van der Waals surface area (Å²) in [5.41, 5.74) is 16.4. The highest BCUT2D eigenvalue weighted by Gasteiger charge is 2.30. The molecule has 6 aliphatic rings. The van der Waals surface area contributed by atoms with Gasteiger partial charge >= 0.3 is 0 Å². The van der Waals surface area contributed by atoms with E-state index in [9.17, 15) is 0 Å². The van der Waals surface area contributed by atoms with E-state index in [1.807, 2.05) is 0 Å². The minimum atomic E-state index is 0.0803. The lowest BCUT2D eigenvalue weighted by atomic mass is 9.83. The lowest BCUT2D eigenvalue weighted by Gasteiger charge is -2.25. The molecule has 0 saturated carbocycles. The third-order valence-corrected chi connectivity index (χ3v) is 14.9. The Kier molecular flexibility index (Phi) is 11.4. The Morgan fingerprint density at radius 1 is 0.478 bits per heavy atom. The number of fused-ring (bicyclic) bond motifs is 3. The average molecular weight is 872 g/mol. The van der Waals surface area contributed by atoms with E-state index in [0.717, 1.165) is 85.7 Å². The molecule has 3 heterocycles. The number of pyridine rings is 1. The molecular weight excluding hydrogens is 815 g/mol. The first-order valence-corrected chi connectivity index (χ1v) is 25.0. The topological polar surface area (TPSA) is 56.0 Å². The molecule has 5 heteroatoms. The zero-order valence-electron chi connectivity index (χ0n) is 38.3. The van der Waals surface area contributed by atoms with Gasteiger partial charge in [0.25, 0.3) is 0 Å². The van der Waals surface area contributed by atoms with Crippen LogP contribution in [0.2, 0.25) is 0 Å². The van der Waals surface area contributed by atoms with Crippen LogP contribution >= 0.6 is 0 Å². The first-order valence-electron chi connectivity index (χ1n) is 25.0. The van der Waals surface area contributed by atoms with Crippen LogP contribution in [-0.2, 0) is 0 Å². The molecule has 0 spiro atoms. The van der Waals surface area contributed by atoms with Gasteiger partial charge in [-0.15, -0.1) is 0 Å². The van der Waals surface area contributed by atoms with Crippen molar-refractivity contribution in [1.82, 2.24) is 24.6 Å². The van der Waals surface area contributed by atoms with Crippen molar-refractivity contribution in [2.75, 3.05) is 0 Å². The summed E-state index contributed by atoms with van der Waals surface area (Å²) in [6.07, 6.45) is 48.6. The van der Waals surface area contributed by atoms with Gasteiger partial charge in [0.05, 0.1) is 11.2 Å². The lowest BCUT2D eigenvalue weighted by Crippen LogP contribution is -2.13. The van der Waals surface area contributed by atoms with Gasteiger partial charge in [0.1, 0.15) is 11.5 Å². The van der Waals surface area contributed by atoms with E-state index >= 15 is 0 Å². The first-order chi connectivity index (χ1) is 33.2. The molecular formula is C62H57N5. The van der Waals surface area contributed by atoms with Gasteiger partial charge < -0.3 is 0 Å². The summed E-state index contributed by atoms with van der Waals surface area (Å²) in [6, 6.07) is 28.9. The highest BCUT2D eigenvalue weighted by Crippen LogP contribution is 2.46. The monoisotopic (exact) mass is 871 g/mol. The van der Waals surface area contributed by atoms with E-state index in [-0.39, 0.29) is 11.8 Å². The normalized spacial score (nSPS) is 21.6. The van der Waals surface area contributed by atoms with Crippen molar-refractivity contribution in [3.63, 3.8) is 0 Å². The SMILES string of the molecule is C1=CCC(C2=CCC(c3nc(C4=CC=C(c5c(C6C=CC=CC6)n6nc(-c7ccccc7)c(C7=CCCCC7)c6c6ccccc56)CC4)nc(-c4ccc(C5=CCCCC5)cc4)n3)C=C2)C=C1. The van der Waals surface area contributed by atoms with Crippen LogP contribution in [0, 0.1) is 5.92 Å². The number of allylic oxidation sites excluding steroid dienone is 20. The molecule has 0 amide bonds. The lowest BCUT2D eigenvalue weighted by molar-refractivity contribution is 0.718. The van der Waals surface area contributed by atoms with Crippen molar-refractivity contribution < 1.29 is 0 Å². The fourth-order valence-corrected chi connectivity index (χ4v) is 11.4. The maximum absolute atomic E-state index is 5.69. The number of hydrogen-bond donors (Lipinski definition) is 0. The maximum Gasteiger partial charge on any atom is 0.163 e. The van der Waals surface area contributed by atoms with Crippen molar-refractivity contribution in [1.29, 1.82) is 0 Å². The van der Waals surface area contributed by atoms with Gasteiger partial charge in [-0.1, -0.05) is 170 Å². The zero-order valence-corrected chi connectivity index (χ0v) is 38.3. The van der Waals surface area contributed by atoms with Crippen molar-refractivity contribution in [3.05, 3.63) is 210 Å². The van der Waals surface area contributed by atoms with E-state index < -0.39 is 0 Å². The number of benzene rings is 3. The second-order valence-electron chi connectivity index (χ2n) is 19.1. The molecule has 6 aliphatic carbocycles. The maximum atomic E-state index is 5.69. The molecule has 0 saturated heterocycles. The van der Waals surface area contributed by atoms with Gasteiger partial charge in [0.15, 0.2) is 11.6 Å². The summed E-state index contributed by atoms with van der Waals surface area (Å²) >= 11 is 0. The minimum absolute atomic E-state index is 0.0803. The van der Waals surface area contributed by atoms with Crippen LogP contribution in [0.15, 0.2) is 176 Å². The first kappa shape index (κ1) is 41.5. The molecule has 6 aromatic rings. The average Bonchev–Trinajstić information content (AvgIpc) is 3.83. The summed E-state index contributed by atoms with van der Waals surface area (Å²) in [5, 5.41) is 8.24. The van der Waals surface area contributed by atoms with Gasteiger partial charge in [0, 0.05) is 45.4 Å². The number of hydrogen-bond acceptors (Lipinski definition) is 4. The van der Waals surface area contributed by atoms with Gasteiger partial charge in [-0.25, -0.2) is 19.5 Å². The molecule has 3 unspecified atom stereocenters. The van der Waals surface area contributed by atoms with Crippen LogP contribution in [0.4, 0.5) is 0 Å². The summed E-state index contributed by atoms with van der Waals surface area (Å²) < 4.78 is 2.36. The van der Waals surface area contributed by atoms with Gasteiger partial charge in [-0.05, 0) is 122 Å². The van der Waals surface area contributed by atoms with E-state index in [4.69, 9.17) is 20.1 Å². The highest BCUT2D eigenvalue weighted by molar-refractivity contribution is 6.09. The molecule has 0 aliphatic heterocycles. The third-order valence-electron chi connectivity index (χ3n) is 14.9. The molecule has 5 nitrogen and oxygen atoms in total.